The summed E-state index contributed by atoms with van der Waals surface area (Å²) in [5.74, 6) is 2.09. The Kier molecular flexibility index (Phi) is 3.96. The number of nitrogens with one attached hydrogen (secondary N) is 1. The van der Waals surface area contributed by atoms with Crippen LogP contribution < -0.4 is 5.32 Å². The lowest BCUT2D eigenvalue weighted by Crippen LogP contribution is -2.07. The number of hydrogen-bond donors (Lipinski definition) is 1. The van der Waals surface area contributed by atoms with Gasteiger partial charge in [-0.3, -0.25) is 0 Å². The molecule has 2 aromatic heterocycles. The lowest BCUT2D eigenvalue weighted by atomic mass is 10.3. The highest BCUT2D eigenvalue weighted by molar-refractivity contribution is 5.28. The second-order valence-corrected chi connectivity index (χ2v) is 4.34. The second kappa shape index (κ2) is 5.66. The summed E-state index contributed by atoms with van der Waals surface area (Å²) < 4.78 is 7.18. The fourth-order valence-electron chi connectivity index (χ4n) is 1.75. The SMILES string of the molecule is CCCCn1cc(C)nc1NCc1nc(C)no1. The van der Waals surface area contributed by atoms with E-state index in [1.165, 1.54) is 6.42 Å². The Morgan fingerprint density at radius 2 is 2.17 bits per heavy atom. The molecule has 6 nitrogen and oxygen atoms in total. The molecule has 2 heterocycles. The third kappa shape index (κ3) is 3.09. The Hall–Kier alpha value is -1.85. The maximum absolute atomic E-state index is 5.05. The van der Waals surface area contributed by atoms with E-state index in [0.29, 0.717) is 18.3 Å². The van der Waals surface area contributed by atoms with Crippen molar-refractivity contribution in [1.29, 1.82) is 0 Å². The standard InChI is InChI=1S/C12H19N5O/c1-4-5-6-17-8-9(2)14-12(17)13-7-11-15-10(3)16-18-11/h8H,4-7H2,1-3H3,(H,13,14). The summed E-state index contributed by atoms with van der Waals surface area (Å²) in [5.41, 5.74) is 1.01. The number of imidazole rings is 1. The summed E-state index contributed by atoms with van der Waals surface area (Å²) >= 11 is 0. The Labute approximate surface area is 106 Å². The van der Waals surface area contributed by atoms with Crippen LogP contribution in [0.1, 0.15) is 37.2 Å². The van der Waals surface area contributed by atoms with Gasteiger partial charge in [-0.1, -0.05) is 18.5 Å². The average Bonchev–Trinajstić information content (AvgIpc) is 2.90. The van der Waals surface area contributed by atoms with Crippen molar-refractivity contribution in [2.75, 3.05) is 5.32 Å². The maximum Gasteiger partial charge on any atom is 0.246 e. The number of unbranched alkanes of at least 4 members (excludes halogenated alkanes) is 1. The van der Waals surface area contributed by atoms with Gasteiger partial charge < -0.3 is 14.4 Å². The lowest BCUT2D eigenvalue weighted by molar-refractivity contribution is 0.379. The third-order valence-corrected chi connectivity index (χ3v) is 2.62. The van der Waals surface area contributed by atoms with Gasteiger partial charge in [0, 0.05) is 12.7 Å². The summed E-state index contributed by atoms with van der Waals surface area (Å²) in [5, 5.41) is 6.98. The van der Waals surface area contributed by atoms with Crippen LogP contribution in [0.4, 0.5) is 5.95 Å². The molecule has 0 saturated carbocycles. The Morgan fingerprint density at radius 1 is 1.33 bits per heavy atom. The van der Waals surface area contributed by atoms with Crippen molar-refractivity contribution in [1.82, 2.24) is 19.7 Å². The van der Waals surface area contributed by atoms with Gasteiger partial charge in [-0.25, -0.2) is 4.98 Å². The number of aromatic nitrogens is 4. The molecule has 0 aliphatic heterocycles. The molecular formula is C12H19N5O. The first-order valence-electron chi connectivity index (χ1n) is 6.26. The molecular weight excluding hydrogens is 230 g/mol. The molecule has 6 heteroatoms. The highest BCUT2D eigenvalue weighted by atomic mass is 16.5. The van der Waals surface area contributed by atoms with E-state index < -0.39 is 0 Å². The van der Waals surface area contributed by atoms with E-state index in [2.05, 4.69) is 38.1 Å². The molecule has 0 amide bonds. The molecule has 0 unspecified atom stereocenters. The van der Waals surface area contributed by atoms with E-state index in [4.69, 9.17) is 4.52 Å². The van der Waals surface area contributed by atoms with E-state index in [9.17, 15) is 0 Å². The lowest BCUT2D eigenvalue weighted by Gasteiger charge is -2.07. The minimum atomic E-state index is 0.503. The zero-order valence-corrected chi connectivity index (χ0v) is 11.1. The van der Waals surface area contributed by atoms with Gasteiger partial charge in [-0.2, -0.15) is 4.98 Å². The first-order valence-corrected chi connectivity index (χ1v) is 6.26. The van der Waals surface area contributed by atoms with E-state index >= 15 is 0 Å². The Morgan fingerprint density at radius 3 is 2.83 bits per heavy atom. The normalized spacial score (nSPS) is 10.8. The van der Waals surface area contributed by atoms with Crippen LogP contribution in [0.15, 0.2) is 10.7 Å². The van der Waals surface area contributed by atoms with Gasteiger partial charge >= 0.3 is 0 Å². The van der Waals surface area contributed by atoms with Crippen LogP contribution in [0.25, 0.3) is 0 Å². The quantitative estimate of drug-likeness (QED) is 0.850. The van der Waals surface area contributed by atoms with Crippen molar-refractivity contribution in [3.05, 3.63) is 23.6 Å². The van der Waals surface area contributed by atoms with Crippen molar-refractivity contribution >= 4 is 5.95 Å². The van der Waals surface area contributed by atoms with Gasteiger partial charge in [-0.05, 0) is 20.3 Å². The number of aryl methyl sites for hydroxylation is 3. The molecule has 0 aliphatic carbocycles. The van der Waals surface area contributed by atoms with Crippen LogP contribution in [-0.2, 0) is 13.1 Å². The van der Waals surface area contributed by atoms with Crippen LogP contribution in [0.5, 0.6) is 0 Å². The van der Waals surface area contributed by atoms with Gasteiger partial charge in [-0.15, -0.1) is 0 Å². The summed E-state index contributed by atoms with van der Waals surface area (Å²) in [6.45, 7) is 7.45. The summed E-state index contributed by atoms with van der Waals surface area (Å²) in [6.07, 6.45) is 4.36. The zero-order valence-electron chi connectivity index (χ0n) is 11.1. The molecule has 0 aliphatic rings. The number of rotatable bonds is 6. The van der Waals surface area contributed by atoms with Gasteiger partial charge in [0.05, 0.1) is 12.2 Å². The highest BCUT2D eigenvalue weighted by Crippen LogP contribution is 2.11. The number of hydrogen-bond acceptors (Lipinski definition) is 5. The van der Waals surface area contributed by atoms with Gasteiger partial charge in [0.25, 0.3) is 0 Å². The summed E-state index contributed by atoms with van der Waals surface area (Å²) in [4.78, 5) is 8.59. The van der Waals surface area contributed by atoms with Crippen molar-refractivity contribution in [3.63, 3.8) is 0 Å². The molecule has 0 fully saturated rings. The fourth-order valence-corrected chi connectivity index (χ4v) is 1.75. The third-order valence-electron chi connectivity index (χ3n) is 2.62. The van der Waals surface area contributed by atoms with Crippen molar-refractivity contribution < 1.29 is 4.52 Å². The topological polar surface area (TPSA) is 68.8 Å². The summed E-state index contributed by atoms with van der Waals surface area (Å²) in [7, 11) is 0. The molecule has 1 N–H and O–H groups in total. The second-order valence-electron chi connectivity index (χ2n) is 4.34. The van der Waals surface area contributed by atoms with Crippen LogP contribution in [0, 0.1) is 13.8 Å². The van der Waals surface area contributed by atoms with E-state index in [0.717, 1.165) is 24.6 Å². The molecule has 2 rings (SSSR count). The molecule has 98 valence electrons. The zero-order chi connectivity index (χ0) is 13.0. The number of nitrogens with zero attached hydrogens (tertiary/aromatic N) is 4. The minimum absolute atomic E-state index is 0.503. The van der Waals surface area contributed by atoms with Gasteiger partial charge in [0.2, 0.25) is 11.8 Å². The average molecular weight is 249 g/mol. The number of anilines is 1. The molecule has 0 bridgehead atoms. The first-order chi connectivity index (χ1) is 8.69. The predicted octanol–water partition coefficient (Wildman–Crippen LogP) is 2.30. The molecule has 0 radical (unpaired) electrons. The van der Waals surface area contributed by atoms with Crippen molar-refractivity contribution in [2.24, 2.45) is 0 Å². The van der Waals surface area contributed by atoms with E-state index in [1.54, 1.807) is 6.92 Å². The van der Waals surface area contributed by atoms with Crippen LogP contribution in [0.3, 0.4) is 0 Å². The Bertz CT molecular complexity index is 502. The monoisotopic (exact) mass is 249 g/mol. The maximum atomic E-state index is 5.05. The first kappa shape index (κ1) is 12.6. The van der Waals surface area contributed by atoms with Crippen LogP contribution in [-0.4, -0.2) is 19.7 Å². The van der Waals surface area contributed by atoms with Crippen LogP contribution in [0.2, 0.25) is 0 Å². The van der Waals surface area contributed by atoms with Crippen molar-refractivity contribution in [3.8, 4) is 0 Å². The smallest absolute Gasteiger partial charge is 0.246 e. The van der Waals surface area contributed by atoms with Gasteiger partial charge in [0.15, 0.2) is 5.82 Å². The molecule has 0 atom stereocenters. The van der Waals surface area contributed by atoms with E-state index in [-0.39, 0.29) is 0 Å². The molecule has 0 spiro atoms. The molecule has 2 aromatic rings. The van der Waals surface area contributed by atoms with Gasteiger partial charge in [0.1, 0.15) is 0 Å². The Balaban J connectivity index is 1.99. The highest BCUT2D eigenvalue weighted by Gasteiger charge is 2.07. The molecule has 0 saturated heterocycles. The molecule has 0 aromatic carbocycles. The minimum Gasteiger partial charge on any atom is -0.347 e. The van der Waals surface area contributed by atoms with E-state index in [1.807, 2.05) is 6.92 Å². The largest absolute Gasteiger partial charge is 0.347 e. The predicted molar refractivity (Wildman–Crippen MR) is 68.2 cm³/mol. The van der Waals surface area contributed by atoms with Crippen LogP contribution >= 0.6 is 0 Å². The molecule has 18 heavy (non-hydrogen) atoms. The summed E-state index contributed by atoms with van der Waals surface area (Å²) in [6, 6.07) is 0. The fraction of sp³-hybridized carbons (Fsp3) is 0.583. The van der Waals surface area contributed by atoms with Crippen molar-refractivity contribution in [2.45, 2.75) is 46.7 Å².